The highest BCUT2D eigenvalue weighted by Gasteiger charge is 2.24. The lowest BCUT2D eigenvalue weighted by Gasteiger charge is -2.29. The third kappa shape index (κ3) is 4.89. The van der Waals surface area contributed by atoms with Gasteiger partial charge in [0.2, 0.25) is 5.91 Å². The van der Waals surface area contributed by atoms with Gasteiger partial charge >= 0.3 is 0 Å². The molecule has 0 radical (unpaired) electrons. The van der Waals surface area contributed by atoms with Crippen molar-refractivity contribution in [2.45, 2.75) is 49.8 Å². The Morgan fingerprint density at radius 3 is 2.61 bits per heavy atom. The van der Waals surface area contributed by atoms with E-state index in [9.17, 15) is 4.79 Å². The molecule has 0 heterocycles. The number of hydrogen-bond acceptors (Lipinski definition) is 2. The summed E-state index contributed by atoms with van der Waals surface area (Å²) in [5.41, 5.74) is 0. The van der Waals surface area contributed by atoms with Crippen LogP contribution in [0.5, 0.6) is 0 Å². The molecule has 0 aliphatic heterocycles. The number of carbonyl (C=O) groups excluding carboxylic acids is 1. The Kier molecular flexibility index (Phi) is 7.18. The van der Waals surface area contributed by atoms with Crippen LogP contribution in [0, 0.1) is 5.92 Å². The standard InChI is InChI=1S/C15H25NOS/c1-4-7-12(8-5-2)15(17)16-13-9-6-10-14(11-13)18-3/h4-5,12-14H,1-2,6-11H2,3H3,(H,16,17)/t13-,14-/m0/s1. The van der Waals surface area contributed by atoms with E-state index in [1.54, 1.807) is 0 Å². The van der Waals surface area contributed by atoms with Crippen LogP contribution in [0.25, 0.3) is 0 Å². The van der Waals surface area contributed by atoms with Gasteiger partial charge in [-0.1, -0.05) is 18.6 Å². The molecule has 0 unspecified atom stereocenters. The van der Waals surface area contributed by atoms with Gasteiger partial charge in [-0.2, -0.15) is 11.8 Å². The maximum Gasteiger partial charge on any atom is 0.223 e. The molecule has 0 bridgehead atoms. The van der Waals surface area contributed by atoms with Crippen molar-refractivity contribution >= 4 is 17.7 Å². The Balaban J connectivity index is 2.45. The van der Waals surface area contributed by atoms with Crippen molar-refractivity contribution in [1.82, 2.24) is 5.32 Å². The Labute approximate surface area is 115 Å². The Hall–Kier alpha value is -0.700. The van der Waals surface area contributed by atoms with Crippen LogP contribution in [-0.2, 0) is 4.79 Å². The molecule has 0 spiro atoms. The van der Waals surface area contributed by atoms with Crippen LogP contribution in [0.4, 0.5) is 0 Å². The van der Waals surface area contributed by atoms with Crippen molar-refractivity contribution in [2.24, 2.45) is 5.92 Å². The van der Waals surface area contributed by atoms with Crippen LogP contribution in [0.1, 0.15) is 38.5 Å². The second-order valence-electron chi connectivity index (χ2n) is 4.98. The van der Waals surface area contributed by atoms with E-state index in [-0.39, 0.29) is 11.8 Å². The fourth-order valence-electron chi connectivity index (χ4n) is 2.52. The minimum Gasteiger partial charge on any atom is -0.353 e. The normalized spacial score (nSPS) is 23.7. The molecule has 0 aromatic rings. The Morgan fingerprint density at radius 1 is 1.39 bits per heavy atom. The van der Waals surface area contributed by atoms with Gasteiger partial charge in [-0.05, 0) is 38.4 Å². The average molecular weight is 267 g/mol. The van der Waals surface area contributed by atoms with Crippen LogP contribution in [0.3, 0.4) is 0 Å². The number of carbonyl (C=O) groups is 1. The molecule has 1 rings (SSSR count). The zero-order chi connectivity index (χ0) is 13.4. The summed E-state index contributed by atoms with van der Waals surface area (Å²) in [5, 5.41) is 3.91. The molecule has 1 saturated carbocycles. The summed E-state index contributed by atoms with van der Waals surface area (Å²) in [5.74, 6) is 0.177. The van der Waals surface area contributed by atoms with Gasteiger partial charge < -0.3 is 5.32 Å². The predicted octanol–water partition coefficient (Wildman–Crippen LogP) is 3.55. The van der Waals surface area contributed by atoms with Crippen molar-refractivity contribution in [1.29, 1.82) is 0 Å². The smallest absolute Gasteiger partial charge is 0.223 e. The lowest BCUT2D eigenvalue weighted by Crippen LogP contribution is -2.42. The van der Waals surface area contributed by atoms with E-state index in [2.05, 4.69) is 24.7 Å². The highest BCUT2D eigenvalue weighted by molar-refractivity contribution is 7.99. The van der Waals surface area contributed by atoms with E-state index in [1.165, 1.54) is 12.8 Å². The Morgan fingerprint density at radius 2 is 2.06 bits per heavy atom. The van der Waals surface area contributed by atoms with Gasteiger partial charge in [-0.25, -0.2) is 0 Å². The molecule has 0 aromatic carbocycles. The van der Waals surface area contributed by atoms with Gasteiger partial charge in [0, 0.05) is 17.2 Å². The second kappa shape index (κ2) is 8.41. The van der Waals surface area contributed by atoms with Gasteiger partial charge in [0.1, 0.15) is 0 Å². The first-order valence-electron chi connectivity index (χ1n) is 6.76. The van der Waals surface area contributed by atoms with Gasteiger partial charge in [-0.15, -0.1) is 13.2 Å². The number of rotatable bonds is 7. The first-order chi connectivity index (χ1) is 8.71. The lowest BCUT2D eigenvalue weighted by atomic mass is 9.93. The van der Waals surface area contributed by atoms with Crippen LogP contribution in [-0.4, -0.2) is 23.5 Å². The van der Waals surface area contributed by atoms with Gasteiger partial charge in [0.05, 0.1) is 0 Å². The molecular weight excluding hydrogens is 242 g/mol. The summed E-state index contributed by atoms with van der Waals surface area (Å²) in [6.45, 7) is 7.44. The SMILES string of the molecule is C=CCC(CC=C)C(=O)N[C@H]1CCC[C@H](SC)C1. The Bertz CT molecular complexity index is 280. The van der Waals surface area contributed by atoms with Gasteiger partial charge in [0.15, 0.2) is 0 Å². The highest BCUT2D eigenvalue weighted by atomic mass is 32.2. The molecule has 1 aliphatic rings. The molecule has 18 heavy (non-hydrogen) atoms. The van der Waals surface area contributed by atoms with Crippen molar-refractivity contribution in [3.63, 3.8) is 0 Å². The number of amides is 1. The summed E-state index contributed by atoms with van der Waals surface area (Å²) >= 11 is 1.92. The maximum atomic E-state index is 12.2. The zero-order valence-corrected chi connectivity index (χ0v) is 12.2. The summed E-state index contributed by atoms with van der Waals surface area (Å²) < 4.78 is 0. The molecule has 3 heteroatoms. The van der Waals surface area contributed by atoms with Crippen LogP contribution < -0.4 is 5.32 Å². The number of hydrogen-bond donors (Lipinski definition) is 1. The molecule has 1 aliphatic carbocycles. The van der Waals surface area contributed by atoms with E-state index in [0.29, 0.717) is 11.3 Å². The maximum absolute atomic E-state index is 12.2. The fourth-order valence-corrected chi connectivity index (χ4v) is 3.35. The molecular formula is C15H25NOS. The van der Waals surface area contributed by atoms with Crippen molar-refractivity contribution in [3.05, 3.63) is 25.3 Å². The average Bonchev–Trinajstić information content (AvgIpc) is 2.38. The predicted molar refractivity (Wildman–Crippen MR) is 80.8 cm³/mol. The molecule has 2 nitrogen and oxygen atoms in total. The number of thioether (sulfide) groups is 1. The molecule has 1 amide bonds. The monoisotopic (exact) mass is 267 g/mol. The third-order valence-electron chi connectivity index (χ3n) is 3.58. The molecule has 1 fully saturated rings. The lowest BCUT2D eigenvalue weighted by molar-refractivity contribution is -0.125. The van der Waals surface area contributed by atoms with E-state index >= 15 is 0 Å². The molecule has 2 atom stereocenters. The zero-order valence-electron chi connectivity index (χ0n) is 11.4. The first-order valence-corrected chi connectivity index (χ1v) is 8.05. The van der Waals surface area contributed by atoms with E-state index in [4.69, 9.17) is 0 Å². The van der Waals surface area contributed by atoms with Crippen LogP contribution >= 0.6 is 11.8 Å². The minimum absolute atomic E-state index is 0.00894. The fraction of sp³-hybridized carbons (Fsp3) is 0.667. The summed E-state index contributed by atoms with van der Waals surface area (Å²) in [7, 11) is 0. The molecule has 0 saturated heterocycles. The largest absolute Gasteiger partial charge is 0.353 e. The topological polar surface area (TPSA) is 29.1 Å². The van der Waals surface area contributed by atoms with Crippen molar-refractivity contribution in [2.75, 3.05) is 6.26 Å². The first kappa shape index (κ1) is 15.4. The van der Waals surface area contributed by atoms with E-state index in [1.807, 2.05) is 23.9 Å². The van der Waals surface area contributed by atoms with Crippen molar-refractivity contribution < 1.29 is 4.79 Å². The summed E-state index contributed by atoms with van der Waals surface area (Å²) in [4.78, 5) is 12.2. The second-order valence-corrected chi connectivity index (χ2v) is 6.11. The van der Waals surface area contributed by atoms with E-state index < -0.39 is 0 Å². The van der Waals surface area contributed by atoms with E-state index in [0.717, 1.165) is 25.7 Å². The highest BCUT2D eigenvalue weighted by Crippen LogP contribution is 2.27. The van der Waals surface area contributed by atoms with Gasteiger partial charge in [0.25, 0.3) is 0 Å². The van der Waals surface area contributed by atoms with Crippen molar-refractivity contribution in [3.8, 4) is 0 Å². The molecule has 102 valence electrons. The summed E-state index contributed by atoms with van der Waals surface area (Å²) in [6, 6.07) is 0.362. The summed E-state index contributed by atoms with van der Waals surface area (Å²) in [6.07, 6.45) is 12.0. The van der Waals surface area contributed by atoms with Crippen LogP contribution in [0.15, 0.2) is 25.3 Å². The quantitative estimate of drug-likeness (QED) is 0.715. The molecule has 0 aromatic heterocycles. The third-order valence-corrected chi connectivity index (χ3v) is 4.67. The number of allylic oxidation sites excluding steroid dienone is 2. The van der Waals surface area contributed by atoms with Gasteiger partial charge in [-0.3, -0.25) is 4.79 Å². The number of nitrogens with one attached hydrogen (secondary N) is 1. The molecule has 1 N–H and O–H groups in total. The minimum atomic E-state index is 0.00894. The van der Waals surface area contributed by atoms with Crippen LogP contribution in [0.2, 0.25) is 0 Å².